The molecule has 0 radical (unpaired) electrons. The fraction of sp³-hybridized carbons (Fsp3) is 0.222. The second-order valence-corrected chi connectivity index (χ2v) is 5.31. The molecule has 3 aromatic rings. The highest BCUT2D eigenvalue weighted by molar-refractivity contribution is 6.09. The Bertz CT molecular complexity index is 774. The van der Waals surface area contributed by atoms with Gasteiger partial charge in [0.2, 0.25) is 0 Å². The SMILES string of the molecule is CCC(C)C(=O)c1cn(-c2ccncc2)c2ccccc12. The Morgan fingerprint density at radius 1 is 1.19 bits per heavy atom. The summed E-state index contributed by atoms with van der Waals surface area (Å²) in [5, 5.41) is 1.01. The summed E-state index contributed by atoms with van der Waals surface area (Å²) in [6.45, 7) is 4.03. The first-order chi connectivity index (χ1) is 10.2. The minimum Gasteiger partial charge on any atom is -0.316 e. The van der Waals surface area contributed by atoms with Crippen LogP contribution in [0.5, 0.6) is 0 Å². The molecule has 0 N–H and O–H groups in total. The quantitative estimate of drug-likeness (QED) is 0.668. The van der Waals surface area contributed by atoms with Gasteiger partial charge in [0.15, 0.2) is 5.78 Å². The molecule has 2 heterocycles. The summed E-state index contributed by atoms with van der Waals surface area (Å²) in [5.41, 5.74) is 2.87. The molecule has 1 aromatic carbocycles. The maximum absolute atomic E-state index is 12.6. The van der Waals surface area contributed by atoms with Gasteiger partial charge >= 0.3 is 0 Å². The van der Waals surface area contributed by atoms with Crippen molar-refractivity contribution < 1.29 is 4.79 Å². The monoisotopic (exact) mass is 278 g/mol. The van der Waals surface area contributed by atoms with Crippen LogP contribution in [-0.4, -0.2) is 15.3 Å². The highest BCUT2D eigenvalue weighted by Crippen LogP contribution is 2.27. The second-order valence-electron chi connectivity index (χ2n) is 5.31. The molecule has 1 unspecified atom stereocenters. The lowest BCUT2D eigenvalue weighted by molar-refractivity contribution is 0.0929. The highest BCUT2D eigenvalue weighted by Gasteiger charge is 2.19. The lowest BCUT2D eigenvalue weighted by Crippen LogP contribution is -2.09. The van der Waals surface area contributed by atoms with Gasteiger partial charge in [-0.25, -0.2) is 0 Å². The third-order valence-electron chi connectivity index (χ3n) is 3.98. The molecule has 0 spiro atoms. The van der Waals surface area contributed by atoms with Gasteiger partial charge in [-0.05, 0) is 24.6 Å². The first-order valence-electron chi connectivity index (χ1n) is 7.27. The number of rotatable bonds is 4. The highest BCUT2D eigenvalue weighted by atomic mass is 16.1. The van der Waals surface area contributed by atoms with Crippen LogP contribution in [0.3, 0.4) is 0 Å². The molecule has 1 atom stereocenters. The molecule has 2 aromatic heterocycles. The normalized spacial score (nSPS) is 12.5. The summed E-state index contributed by atoms with van der Waals surface area (Å²) < 4.78 is 2.06. The van der Waals surface area contributed by atoms with E-state index in [-0.39, 0.29) is 11.7 Å². The largest absolute Gasteiger partial charge is 0.316 e. The number of carbonyl (C=O) groups excluding carboxylic acids is 1. The van der Waals surface area contributed by atoms with Gasteiger partial charge in [0.1, 0.15) is 0 Å². The summed E-state index contributed by atoms with van der Waals surface area (Å²) in [6, 6.07) is 11.9. The van der Waals surface area contributed by atoms with Crippen LogP contribution >= 0.6 is 0 Å². The van der Waals surface area contributed by atoms with Crippen molar-refractivity contribution in [3.8, 4) is 5.69 Å². The molecule has 3 nitrogen and oxygen atoms in total. The molecule has 0 bridgehead atoms. The standard InChI is InChI=1S/C18H18N2O/c1-3-13(2)18(21)16-12-20(14-8-10-19-11-9-14)17-7-5-4-6-15(16)17/h4-13H,3H2,1-2H3. The van der Waals surface area contributed by atoms with Gasteiger partial charge in [-0.15, -0.1) is 0 Å². The number of fused-ring (bicyclic) bond motifs is 1. The Morgan fingerprint density at radius 3 is 2.62 bits per heavy atom. The van der Waals surface area contributed by atoms with Crippen molar-refractivity contribution >= 4 is 16.7 Å². The third-order valence-corrected chi connectivity index (χ3v) is 3.98. The fourth-order valence-corrected chi connectivity index (χ4v) is 2.55. The maximum Gasteiger partial charge on any atom is 0.167 e. The van der Waals surface area contributed by atoms with E-state index in [4.69, 9.17) is 0 Å². The zero-order valence-corrected chi connectivity index (χ0v) is 12.3. The Hall–Kier alpha value is -2.42. The number of pyridine rings is 1. The summed E-state index contributed by atoms with van der Waals surface area (Å²) in [4.78, 5) is 16.7. The number of hydrogen-bond acceptors (Lipinski definition) is 2. The van der Waals surface area contributed by atoms with Crippen molar-refractivity contribution in [1.82, 2.24) is 9.55 Å². The average Bonchev–Trinajstić information content (AvgIpc) is 2.94. The van der Waals surface area contributed by atoms with Crippen LogP contribution in [0.4, 0.5) is 0 Å². The molecule has 0 aliphatic carbocycles. The van der Waals surface area contributed by atoms with E-state index >= 15 is 0 Å². The van der Waals surface area contributed by atoms with E-state index in [0.29, 0.717) is 0 Å². The third kappa shape index (κ3) is 2.35. The fourth-order valence-electron chi connectivity index (χ4n) is 2.55. The Morgan fingerprint density at radius 2 is 1.90 bits per heavy atom. The molecule has 0 fully saturated rings. The molecular formula is C18H18N2O. The Labute approximate surface area is 124 Å². The molecule has 0 aliphatic rings. The second kappa shape index (κ2) is 5.52. The molecule has 3 heteroatoms. The summed E-state index contributed by atoms with van der Waals surface area (Å²) in [7, 11) is 0. The zero-order valence-electron chi connectivity index (χ0n) is 12.3. The van der Waals surface area contributed by atoms with Crippen LogP contribution in [0, 0.1) is 5.92 Å². The van der Waals surface area contributed by atoms with E-state index < -0.39 is 0 Å². The van der Waals surface area contributed by atoms with E-state index in [0.717, 1.165) is 28.6 Å². The first kappa shape index (κ1) is 13.6. The number of ketones is 1. The number of para-hydroxylation sites is 1. The van der Waals surface area contributed by atoms with Crippen molar-refractivity contribution in [3.05, 3.63) is 60.6 Å². The summed E-state index contributed by atoms with van der Waals surface area (Å²) >= 11 is 0. The number of benzene rings is 1. The van der Waals surface area contributed by atoms with Crippen molar-refractivity contribution in [2.75, 3.05) is 0 Å². The van der Waals surface area contributed by atoms with Crippen LogP contribution in [0.2, 0.25) is 0 Å². The van der Waals surface area contributed by atoms with Crippen molar-refractivity contribution in [3.63, 3.8) is 0 Å². The topological polar surface area (TPSA) is 34.9 Å². The average molecular weight is 278 g/mol. The van der Waals surface area contributed by atoms with Crippen LogP contribution in [0.15, 0.2) is 55.0 Å². The molecule has 0 amide bonds. The molecule has 3 rings (SSSR count). The van der Waals surface area contributed by atoms with Crippen LogP contribution in [-0.2, 0) is 0 Å². The molecule has 0 saturated heterocycles. The van der Waals surface area contributed by atoms with Gasteiger partial charge in [-0.1, -0.05) is 32.0 Å². The number of hydrogen-bond donors (Lipinski definition) is 0. The van der Waals surface area contributed by atoms with Crippen molar-refractivity contribution in [1.29, 1.82) is 0 Å². The van der Waals surface area contributed by atoms with Gasteiger partial charge in [-0.3, -0.25) is 9.78 Å². The maximum atomic E-state index is 12.6. The van der Waals surface area contributed by atoms with Crippen molar-refractivity contribution in [2.24, 2.45) is 5.92 Å². The van der Waals surface area contributed by atoms with Crippen LogP contribution < -0.4 is 0 Å². The van der Waals surface area contributed by atoms with Crippen molar-refractivity contribution in [2.45, 2.75) is 20.3 Å². The summed E-state index contributed by atoms with van der Waals surface area (Å²) in [5.74, 6) is 0.253. The van der Waals surface area contributed by atoms with Gasteiger partial charge in [0.05, 0.1) is 5.52 Å². The van der Waals surface area contributed by atoms with E-state index in [1.165, 1.54) is 0 Å². The minimum absolute atomic E-state index is 0.0432. The summed E-state index contributed by atoms with van der Waals surface area (Å²) in [6.07, 6.45) is 6.34. The van der Waals surface area contributed by atoms with E-state index in [2.05, 4.69) is 9.55 Å². The lowest BCUT2D eigenvalue weighted by atomic mass is 9.97. The minimum atomic E-state index is 0.0432. The van der Waals surface area contributed by atoms with E-state index in [1.54, 1.807) is 12.4 Å². The van der Waals surface area contributed by atoms with Gasteiger partial charge < -0.3 is 4.57 Å². The van der Waals surface area contributed by atoms with Gasteiger partial charge in [0.25, 0.3) is 0 Å². The van der Waals surface area contributed by atoms with Crippen LogP contribution in [0.1, 0.15) is 30.6 Å². The molecular weight excluding hydrogens is 260 g/mol. The number of nitrogens with zero attached hydrogens (tertiary/aromatic N) is 2. The number of carbonyl (C=O) groups is 1. The van der Waals surface area contributed by atoms with Crippen LogP contribution in [0.25, 0.3) is 16.6 Å². The first-order valence-corrected chi connectivity index (χ1v) is 7.27. The molecule has 0 aliphatic heterocycles. The van der Waals surface area contributed by atoms with E-state index in [9.17, 15) is 4.79 Å². The lowest BCUT2D eigenvalue weighted by Gasteiger charge is -2.05. The molecule has 21 heavy (non-hydrogen) atoms. The van der Waals surface area contributed by atoms with E-state index in [1.807, 2.05) is 56.4 Å². The Balaban J connectivity index is 2.22. The number of aromatic nitrogens is 2. The smallest absolute Gasteiger partial charge is 0.167 e. The van der Waals surface area contributed by atoms with Gasteiger partial charge in [0, 0.05) is 41.1 Å². The Kier molecular flexibility index (Phi) is 3.57. The predicted octanol–water partition coefficient (Wildman–Crippen LogP) is 4.25. The molecule has 106 valence electrons. The van der Waals surface area contributed by atoms with Gasteiger partial charge in [-0.2, -0.15) is 0 Å². The predicted molar refractivity (Wildman–Crippen MR) is 84.9 cm³/mol. The zero-order chi connectivity index (χ0) is 14.8. The molecule has 0 saturated carbocycles. The number of Topliss-reactive ketones (excluding diaryl/α,β-unsaturated/α-hetero) is 1.